The van der Waals surface area contributed by atoms with Gasteiger partial charge in [-0.1, -0.05) is 36.4 Å². The summed E-state index contributed by atoms with van der Waals surface area (Å²) in [4.78, 5) is 13.2. The maximum atomic E-state index is 13.1. The van der Waals surface area contributed by atoms with Crippen LogP contribution in [0.4, 0.5) is 0 Å². The van der Waals surface area contributed by atoms with Crippen LogP contribution < -0.4 is 24.2 Å². The summed E-state index contributed by atoms with van der Waals surface area (Å²) in [5, 5.41) is 2.86. The lowest BCUT2D eigenvalue weighted by Crippen LogP contribution is -2.48. The number of rotatable bonds is 13. The van der Waals surface area contributed by atoms with Gasteiger partial charge in [0.15, 0.2) is 11.5 Å². The molecule has 8 nitrogen and oxygen atoms in total. The molecular formula is C27H32N2O6S. The third kappa shape index (κ3) is 7.47. The molecule has 3 aromatic rings. The number of hydrogen-bond donors (Lipinski definition) is 2. The maximum absolute atomic E-state index is 13.1. The Kier molecular flexibility index (Phi) is 9.72. The van der Waals surface area contributed by atoms with Crippen LogP contribution in [0.5, 0.6) is 17.2 Å². The smallest absolute Gasteiger partial charge is 0.241 e. The first-order chi connectivity index (χ1) is 17.4. The highest BCUT2D eigenvalue weighted by atomic mass is 32.2. The molecule has 0 aromatic heterocycles. The van der Waals surface area contributed by atoms with Crippen molar-refractivity contribution in [1.82, 2.24) is 10.0 Å². The highest BCUT2D eigenvalue weighted by Crippen LogP contribution is 2.27. The zero-order chi connectivity index (χ0) is 26.0. The summed E-state index contributed by atoms with van der Waals surface area (Å²) in [6, 6.07) is 19.9. The topological polar surface area (TPSA) is 103 Å². The van der Waals surface area contributed by atoms with Crippen LogP contribution in [-0.2, 0) is 27.7 Å². The van der Waals surface area contributed by atoms with Crippen LogP contribution in [0.1, 0.15) is 18.1 Å². The van der Waals surface area contributed by atoms with Crippen LogP contribution in [0, 0.1) is 0 Å². The van der Waals surface area contributed by atoms with Crippen molar-refractivity contribution in [3.8, 4) is 17.2 Å². The molecule has 3 aromatic carbocycles. The number of methoxy groups -OCH3 is 2. The SMILES string of the molecule is CCOc1ccc(S(=O)(=O)NC(Cc2ccccc2)C(=O)NCCc2ccc(OC)c(OC)c2)cc1. The number of carbonyl (C=O) groups excluding carboxylic acids is 1. The Balaban J connectivity index is 1.71. The van der Waals surface area contributed by atoms with Crippen molar-refractivity contribution in [1.29, 1.82) is 0 Å². The van der Waals surface area contributed by atoms with Crippen molar-refractivity contribution in [2.45, 2.75) is 30.7 Å². The third-order valence-electron chi connectivity index (χ3n) is 5.50. The summed E-state index contributed by atoms with van der Waals surface area (Å²) in [5.74, 6) is 1.39. The lowest BCUT2D eigenvalue weighted by Gasteiger charge is -2.19. The quantitative estimate of drug-likeness (QED) is 0.364. The van der Waals surface area contributed by atoms with Gasteiger partial charge in [0.2, 0.25) is 15.9 Å². The number of amides is 1. The molecule has 192 valence electrons. The van der Waals surface area contributed by atoms with Crippen LogP contribution in [0.2, 0.25) is 0 Å². The van der Waals surface area contributed by atoms with E-state index in [0.717, 1.165) is 11.1 Å². The number of sulfonamides is 1. The molecule has 0 aliphatic rings. The predicted octanol–water partition coefficient (Wildman–Crippen LogP) is 3.35. The second-order valence-corrected chi connectivity index (χ2v) is 9.71. The fourth-order valence-electron chi connectivity index (χ4n) is 3.66. The van der Waals surface area contributed by atoms with Gasteiger partial charge in [-0.3, -0.25) is 4.79 Å². The third-order valence-corrected chi connectivity index (χ3v) is 6.99. The van der Waals surface area contributed by atoms with Crippen LogP contribution in [0.3, 0.4) is 0 Å². The molecule has 36 heavy (non-hydrogen) atoms. The minimum absolute atomic E-state index is 0.0575. The van der Waals surface area contributed by atoms with Gasteiger partial charge in [0.05, 0.1) is 25.7 Å². The van der Waals surface area contributed by atoms with Gasteiger partial charge in [-0.25, -0.2) is 8.42 Å². The minimum Gasteiger partial charge on any atom is -0.494 e. The van der Waals surface area contributed by atoms with Gasteiger partial charge < -0.3 is 19.5 Å². The number of carbonyl (C=O) groups is 1. The average Bonchev–Trinajstić information content (AvgIpc) is 2.89. The van der Waals surface area contributed by atoms with Crippen molar-refractivity contribution in [3.63, 3.8) is 0 Å². The first kappa shape index (κ1) is 27.0. The number of benzene rings is 3. The molecule has 0 spiro atoms. The fraction of sp³-hybridized carbons (Fsp3) is 0.296. The Bertz CT molecular complexity index is 1230. The Morgan fingerprint density at radius 3 is 2.22 bits per heavy atom. The zero-order valence-corrected chi connectivity index (χ0v) is 21.5. The molecule has 0 aliphatic carbocycles. The molecular weight excluding hydrogens is 480 g/mol. The Labute approximate surface area is 212 Å². The maximum Gasteiger partial charge on any atom is 0.241 e. The molecule has 0 saturated carbocycles. The van der Waals surface area contributed by atoms with E-state index >= 15 is 0 Å². The summed E-state index contributed by atoms with van der Waals surface area (Å²) in [6.45, 7) is 2.65. The van der Waals surface area contributed by atoms with Gasteiger partial charge in [-0.2, -0.15) is 4.72 Å². The Morgan fingerprint density at radius 1 is 0.889 bits per heavy atom. The molecule has 3 rings (SSSR count). The van der Waals surface area contributed by atoms with E-state index in [4.69, 9.17) is 14.2 Å². The van der Waals surface area contributed by atoms with Crippen molar-refractivity contribution in [3.05, 3.63) is 83.9 Å². The van der Waals surface area contributed by atoms with Crippen molar-refractivity contribution in [2.75, 3.05) is 27.4 Å². The summed E-state index contributed by atoms with van der Waals surface area (Å²) in [7, 11) is -0.815. The first-order valence-corrected chi connectivity index (χ1v) is 13.1. The highest BCUT2D eigenvalue weighted by Gasteiger charge is 2.26. The Hall–Kier alpha value is -3.56. The van der Waals surface area contributed by atoms with Crippen LogP contribution >= 0.6 is 0 Å². The normalized spacial score (nSPS) is 12.0. The van der Waals surface area contributed by atoms with E-state index < -0.39 is 22.0 Å². The monoisotopic (exact) mass is 512 g/mol. The van der Waals surface area contributed by atoms with Crippen molar-refractivity contribution in [2.24, 2.45) is 0 Å². The van der Waals surface area contributed by atoms with E-state index in [0.29, 0.717) is 36.8 Å². The van der Waals surface area contributed by atoms with Gasteiger partial charge in [0.1, 0.15) is 11.8 Å². The molecule has 2 N–H and O–H groups in total. The van der Waals surface area contributed by atoms with E-state index in [1.807, 2.05) is 49.4 Å². The molecule has 0 saturated heterocycles. The van der Waals surface area contributed by atoms with E-state index in [9.17, 15) is 13.2 Å². The van der Waals surface area contributed by atoms with Crippen LogP contribution in [0.25, 0.3) is 0 Å². The lowest BCUT2D eigenvalue weighted by atomic mass is 10.1. The van der Waals surface area contributed by atoms with E-state index in [2.05, 4.69) is 10.0 Å². The van der Waals surface area contributed by atoms with Crippen molar-refractivity contribution >= 4 is 15.9 Å². The summed E-state index contributed by atoms with van der Waals surface area (Å²) in [6.07, 6.45) is 0.745. The second-order valence-electron chi connectivity index (χ2n) is 8.00. The summed E-state index contributed by atoms with van der Waals surface area (Å²) < 4.78 is 44.7. The number of hydrogen-bond acceptors (Lipinski definition) is 6. The lowest BCUT2D eigenvalue weighted by molar-refractivity contribution is -0.122. The molecule has 0 heterocycles. The second kappa shape index (κ2) is 12.9. The standard InChI is InChI=1S/C27H32N2O6S/c1-4-35-22-11-13-23(14-12-22)36(31,32)29-24(18-20-8-6-5-7-9-20)27(30)28-17-16-21-10-15-25(33-2)26(19-21)34-3/h5-15,19,24,29H,4,16-18H2,1-3H3,(H,28,30). The molecule has 0 radical (unpaired) electrons. The van der Waals surface area contributed by atoms with Crippen LogP contribution in [-0.4, -0.2) is 47.7 Å². The summed E-state index contributed by atoms with van der Waals surface area (Å²) >= 11 is 0. The number of ether oxygens (including phenoxy) is 3. The summed E-state index contributed by atoms with van der Waals surface area (Å²) in [5.41, 5.74) is 1.79. The van der Waals surface area contributed by atoms with E-state index in [1.165, 1.54) is 12.1 Å². The average molecular weight is 513 g/mol. The van der Waals surface area contributed by atoms with Gasteiger partial charge in [-0.15, -0.1) is 0 Å². The fourth-order valence-corrected chi connectivity index (χ4v) is 4.86. The predicted molar refractivity (Wildman–Crippen MR) is 138 cm³/mol. The van der Waals surface area contributed by atoms with Crippen LogP contribution in [0.15, 0.2) is 77.7 Å². The highest BCUT2D eigenvalue weighted by molar-refractivity contribution is 7.89. The molecule has 1 atom stereocenters. The molecule has 1 unspecified atom stereocenters. The largest absolute Gasteiger partial charge is 0.494 e. The minimum atomic E-state index is -3.95. The van der Waals surface area contributed by atoms with Crippen molar-refractivity contribution < 1.29 is 27.4 Å². The zero-order valence-electron chi connectivity index (χ0n) is 20.7. The molecule has 9 heteroatoms. The van der Waals surface area contributed by atoms with Gasteiger partial charge in [0.25, 0.3) is 0 Å². The molecule has 1 amide bonds. The molecule has 0 aliphatic heterocycles. The van der Waals surface area contributed by atoms with E-state index in [-0.39, 0.29) is 11.3 Å². The van der Waals surface area contributed by atoms with Gasteiger partial charge >= 0.3 is 0 Å². The first-order valence-electron chi connectivity index (χ1n) is 11.6. The number of nitrogens with one attached hydrogen (secondary N) is 2. The Morgan fingerprint density at radius 2 is 1.58 bits per heavy atom. The molecule has 0 bridgehead atoms. The van der Waals surface area contributed by atoms with Gasteiger partial charge in [0, 0.05) is 6.54 Å². The van der Waals surface area contributed by atoms with E-state index in [1.54, 1.807) is 32.4 Å². The molecule has 0 fully saturated rings. The van der Waals surface area contributed by atoms with Gasteiger partial charge in [-0.05, 0) is 67.3 Å².